The van der Waals surface area contributed by atoms with Gasteiger partial charge in [0.15, 0.2) is 0 Å². The number of anilines is 1. The van der Waals surface area contributed by atoms with E-state index in [1.165, 1.54) is 32.1 Å². The summed E-state index contributed by atoms with van der Waals surface area (Å²) in [5.41, 5.74) is 0.737. The van der Waals surface area contributed by atoms with E-state index in [0.717, 1.165) is 43.2 Å². The number of furan rings is 1. The van der Waals surface area contributed by atoms with Crippen LogP contribution in [0.5, 0.6) is 0 Å². The van der Waals surface area contributed by atoms with Gasteiger partial charge >= 0.3 is 12.1 Å². The third-order valence-electron chi connectivity index (χ3n) is 9.23. The largest absolute Gasteiger partial charge is 0.460 e. The first-order chi connectivity index (χ1) is 22.9. The zero-order valence-corrected chi connectivity index (χ0v) is 29.6. The molecule has 1 aromatic carbocycles. The Labute approximate surface area is 284 Å². The Morgan fingerprint density at radius 1 is 1.08 bits per heavy atom. The molecule has 0 spiro atoms. The van der Waals surface area contributed by atoms with Crippen molar-refractivity contribution in [1.82, 2.24) is 10.2 Å². The van der Waals surface area contributed by atoms with Crippen LogP contribution in [0.2, 0.25) is 0 Å². The highest BCUT2D eigenvalue weighted by atomic mass is 19.1. The van der Waals surface area contributed by atoms with Crippen molar-refractivity contribution in [3.05, 3.63) is 30.0 Å². The summed E-state index contributed by atoms with van der Waals surface area (Å²) in [6, 6.07) is 6.50. The number of hydrogen-bond acceptors (Lipinski definition) is 8. The quantitative estimate of drug-likeness (QED) is 0.164. The van der Waals surface area contributed by atoms with Gasteiger partial charge in [0.25, 0.3) is 0 Å². The van der Waals surface area contributed by atoms with Crippen molar-refractivity contribution < 1.29 is 37.5 Å². The summed E-state index contributed by atoms with van der Waals surface area (Å²) < 4.78 is 28.4. The van der Waals surface area contributed by atoms with E-state index in [-0.39, 0.29) is 23.6 Å². The lowest BCUT2D eigenvalue weighted by atomic mass is 9.76. The number of benzene rings is 1. The second kappa shape index (κ2) is 18.9. The number of hydrogen-bond donors (Lipinski definition) is 2. The normalized spacial score (nSPS) is 19.9. The van der Waals surface area contributed by atoms with Gasteiger partial charge in [-0.15, -0.1) is 0 Å². The van der Waals surface area contributed by atoms with Crippen LogP contribution in [0.15, 0.2) is 28.7 Å². The molecule has 2 N–H and O–H groups in total. The number of carbonyl (C=O) groups excluding carboxylic acids is 4. The Morgan fingerprint density at radius 3 is 2.44 bits per heavy atom. The Hall–Kier alpha value is -3.47. The molecule has 2 aliphatic rings. The third-order valence-corrected chi connectivity index (χ3v) is 9.23. The molecule has 0 bridgehead atoms. The Balaban J connectivity index is 0.000000288. The number of ether oxygens (including phenoxy) is 2. The number of fused-ring (bicyclic) bond motifs is 1. The fourth-order valence-electron chi connectivity index (χ4n) is 6.72. The number of nitrogens with zero attached hydrogens (tertiary/aromatic N) is 1. The predicted octanol–water partition coefficient (Wildman–Crippen LogP) is 7.69. The molecule has 1 aliphatic carbocycles. The first-order valence-electron chi connectivity index (χ1n) is 17.6. The molecule has 2 amide bonds. The molecular formula is C37H56FN3O7. The number of alkyl halides is 1. The summed E-state index contributed by atoms with van der Waals surface area (Å²) in [6.45, 7) is 9.63. The summed E-state index contributed by atoms with van der Waals surface area (Å²) in [7, 11) is 2.05. The maximum Gasteiger partial charge on any atom is 0.407 e. The lowest BCUT2D eigenvalue weighted by Crippen LogP contribution is -2.43. The van der Waals surface area contributed by atoms with Crippen LogP contribution >= 0.6 is 0 Å². The molecule has 2 aromatic rings. The number of nitrogens with one attached hydrogen (secondary N) is 2. The highest BCUT2D eigenvalue weighted by Crippen LogP contribution is 2.39. The number of likely N-dealkylation sites (N-methyl/N-ethyl adjacent to an activating group) is 1. The van der Waals surface area contributed by atoms with Gasteiger partial charge in [-0.1, -0.05) is 45.4 Å². The van der Waals surface area contributed by atoms with E-state index >= 15 is 0 Å². The highest BCUT2D eigenvalue weighted by molar-refractivity contribution is 5.98. The summed E-state index contributed by atoms with van der Waals surface area (Å²) >= 11 is 0. The average molecular weight is 674 g/mol. The zero-order valence-electron chi connectivity index (χ0n) is 29.6. The first-order valence-corrected chi connectivity index (χ1v) is 17.6. The number of likely N-dealkylation sites (tertiary alicyclic amines) is 1. The number of amides is 2. The fraction of sp³-hybridized carbons (Fsp3) is 0.676. The Kier molecular flexibility index (Phi) is 15.4. The molecule has 10 nitrogen and oxygen atoms in total. The topological polar surface area (TPSA) is 127 Å². The van der Waals surface area contributed by atoms with Gasteiger partial charge in [-0.3, -0.25) is 9.69 Å². The smallest absolute Gasteiger partial charge is 0.407 e. The molecule has 4 atom stereocenters. The fourth-order valence-corrected chi connectivity index (χ4v) is 6.72. The van der Waals surface area contributed by atoms with Gasteiger partial charge in [-0.05, 0) is 103 Å². The summed E-state index contributed by atoms with van der Waals surface area (Å²) in [6.07, 6.45) is 10.6. The van der Waals surface area contributed by atoms with Crippen LogP contribution in [0, 0.1) is 17.8 Å². The number of rotatable bonds is 13. The minimum absolute atomic E-state index is 0.0294. The summed E-state index contributed by atoms with van der Waals surface area (Å²) in [5, 5.41) is 6.38. The van der Waals surface area contributed by atoms with Crippen molar-refractivity contribution in [3.63, 3.8) is 0 Å². The van der Waals surface area contributed by atoms with Crippen LogP contribution in [0.3, 0.4) is 0 Å². The molecule has 268 valence electrons. The molecule has 4 unspecified atom stereocenters. The molecule has 0 radical (unpaired) electrons. The SMILES string of the molecule is CCC(C=O)CCCC(CF)NC(=O)OC(C)(C)C.CCOC(=O)c1cc2cc(NC(=O)C3C(C4CCCCC4)CCN3C)ccc2o1. The minimum atomic E-state index is -0.628. The maximum atomic E-state index is 13.2. The van der Waals surface area contributed by atoms with E-state index in [1.54, 1.807) is 39.8 Å². The maximum absolute atomic E-state index is 13.2. The number of esters is 1. The van der Waals surface area contributed by atoms with Gasteiger partial charge in [0.2, 0.25) is 11.7 Å². The van der Waals surface area contributed by atoms with E-state index in [2.05, 4.69) is 22.6 Å². The monoisotopic (exact) mass is 673 g/mol. The Bertz CT molecular complexity index is 1330. The van der Waals surface area contributed by atoms with Crippen LogP contribution in [-0.2, 0) is 19.1 Å². The van der Waals surface area contributed by atoms with Crippen molar-refractivity contribution in [3.8, 4) is 0 Å². The third kappa shape index (κ3) is 11.9. The van der Waals surface area contributed by atoms with E-state index < -0.39 is 30.4 Å². The van der Waals surface area contributed by atoms with Crippen LogP contribution in [0.4, 0.5) is 14.9 Å². The molecule has 2 heterocycles. The predicted molar refractivity (Wildman–Crippen MR) is 185 cm³/mol. The lowest BCUT2D eigenvalue weighted by Gasteiger charge is -2.32. The number of carbonyl (C=O) groups is 4. The van der Waals surface area contributed by atoms with Crippen LogP contribution < -0.4 is 10.6 Å². The molecule has 1 saturated heterocycles. The standard InChI is InChI=1S/C23H30N2O4.C14H26FNO3/c1-3-28-23(27)20-14-16-13-17(9-10-19(16)29-20)24-22(26)21-18(11-12-25(21)2)15-7-5-4-6-8-15;1-5-11(10-17)7-6-8-12(9-15)16-13(18)19-14(2,3)4/h9-10,13-15,18,21H,3-8,11-12H2,1-2H3,(H,24,26);10-12H,5-9H2,1-4H3,(H,16,18). The molecule has 4 rings (SSSR count). The highest BCUT2D eigenvalue weighted by Gasteiger charge is 2.41. The zero-order chi connectivity index (χ0) is 35.3. The van der Waals surface area contributed by atoms with Gasteiger partial charge in [0.1, 0.15) is 24.1 Å². The molecular weight excluding hydrogens is 617 g/mol. The van der Waals surface area contributed by atoms with Crippen molar-refractivity contribution in [2.75, 3.05) is 32.2 Å². The summed E-state index contributed by atoms with van der Waals surface area (Å²) in [5.74, 6) is 0.896. The number of aldehydes is 1. The molecule has 11 heteroatoms. The van der Waals surface area contributed by atoms with Crippen molar-refractivity contribution in [2.45, 2.75) is 117 Å². The second-order valence-corrected chi connectivity index (χ2v) is 14.1. The van der Waals surface area contributed by atoms with E-state index in [9.17, 15) is 23.6 Å². The van der Waals surface area contributed by atoms with Crippen molar-refractivity contribution in [1.29, 1.82) is 0 Å². The van der Waals surface area contributed by atoms with Crippen molar-refractivity contribution in [2.24, 2.45) is 17.8 Å². The molecule has 48 heavy (non-hydrogen) atoms. The van der Waals surface area contributed by atoms with Crippen LogP contribution in [-0.4, -0.2) is 73.7 Å². The van der Waals surface area contributed by atoms with Gasteiger partial charge in [0.05, 0.1) is 18.7 Å². The molecule has 2 fully saturated rings. The van der Waals surface area contributed by atoms with Crippen molar-refractivity contribution >= 4 is 40.9 Å². The molecule has 1 aromatic heterocycles. The van der Waals surface area contributed by atoms with Gasteiger partial charge in [-0.25, -0.2) is 14.0 Å². The Morgan fingerprint density at radius 2 is 1.81 bits per heavy atom. The summed E-state index contributed by atoms with van der Waals surface area (Å²) in [4.78, 5) is 49.4. The van der Waals surface area contributed by atoms with E-state index in [0.29, 0.717) is 36.9 Å². The lowest BCUT2D eigenvalue weighted by molar-refractivity contribution is -0.121. The van der Waals surface area contributed by atoms with Crippen LogP contribution in [0.25, 0.3) is 11.0 Å². The minimum Gasteiger partial charge on any atom is -0.460 e. The van der Waals surface area contributed by atoms with E-state index in [4.69, 9.17) is 13.9 Å². The second-order valence-electron chi connectivity index (χ2n) is 14.1. The van der Waals surface area contributed by atoms with Gasteiger partial charge in [0, 0.05) is 17.0 Å². The number of halogens is 1. The van der Waals surface area contributed by atoms with Crippen LogP contribution in [0.1, 0.15) is 109 Å². The first kappa shape index (κ1) is 39.0. The van der Waals surface area contributed by atoms with Gasteiger partial charge < -0.3 is 29.3 Å². The number of alkyl carbamates (subject to hydrolysis) is 1. The molecule has 1 saturated carbocycles. The van der Waals surface area contributed by atoms with Gasteiger partial charge in [-0.2, -0.15) is 0 Å². The molecule has 1 aliphatic heterocycles. The van der Waals surface area contributed by atoms with E-state index in [1.807, 2.05) is 19.1 Å². The average Bonchev–Trinajstić information content (AvgIpc) is 3.66.